The maximum atomic E-state index is 8.18. The lowest BCUT2D eigenvalue weighted by atomic mass is 10.4. The largest absolute Gasteiger partial charge is 0.345 e. The highest BCUT2D eigenvalue weighted by Crippen LogP contribution is 1.94. The molecular formula is C6H12N2O2S. The average Bonchev–Trinajstić information content (AvgIpc) is 1.99. The topological polar surface area (TPSA) is 68.3 Å². The van der Waals surface area contributed by atoms with Crippen LogP contribution in [-0.4, -0.2) is 25.2 Å². The molecule has 0 aliphatic heterocycles. The van der Waals surface area contributed by atoms with E-state index in [-0.39, 0.29) is 13.2 Å². The van der Waals surface area contributed by atoms with Crippen molar-refractivity contribution in [3.63, 3.8) is 0 Å². The average molecular weight is 176 g/mol. The third-order valence-electron chi connectivity index (χ3n) is 0.859. The van der Waals surface area contributed by atoms with Gasteiger partial charge >= 0.3 is 0 Å². The number of rotatable bonds is 6. The van der Waals surface area contributed by atoms with Gasteiger partial charge in [0.2, 0.25) is 0 Å². The van der Waals surface area contributed by atoms with Crippen molar-refractivity contribution in [3.8, 4) is 6.07 Å². The second kappa shape index (κ2) is 7.82. The zero-order chi connectivity index (χ0) is 8.53. The Morgan fingerprint density at radius 1 is 1.73 bits per heavy atom. The first kappa shape index (κ1) is 10.7. The van der Waals surface area contributed by atoms with E-state index in [2.05, 4.69) is 0 Å². The van der Waals surface area contributed by atoms with E-state index < -0.39 is 6.23 Å². The molecule has 11 heavy (non-hydrogen) atoms. The van der Waals surface area contributed by atoms with Crippen molar-refractivity contribution in [2.24, 2.45) is 5.73 Å². The van der Waals surface area contributed by atoms with Crippen LogP contribution in [0.15, 0.2) is 0 Å². The first-order chi connectivity index (χ1) is 5.31. The molecule has 1 atom stereocenters. The van der Waals surface area contributed by atoms with Crippen LogP contribution < -0.4 is 5.73 Å². The van der Waals surface area contributed by atoms with Crippen LogP contribution >= 0.6 is 11.8 Å². The van der Waals surface area contributed by atoms with Crippen molar-refractivity contribution in [3.05, 3.63) is 0 Å². The standard InChI is InChI=1S/C6H12N2O2S/c1-11-5-9-4-10-6(8)2-3-7/h6H,2,4-5,8H2,1H3/t6-/m1/s1. The van der Waals surface area contributed by atoms with Gasteiger partial charge in [-0.25, -0.2) is 0 Å². The van der Waals surface area contributed by atoms with Gasteiger partial charge < -0.3 is 15.2 Å². The maximum Gasteiger partial charge on any atom is 0.149 e. The predicted octanol–water partition coefficient (Wildman–Crippen LogP) is 0.496. The quantitative estimate of drug-likeness (QED) is 0.471. The summed E-state index contributed by atoms with van der Waals surface area (Å²) in [6.45, 7) is 0.156. The lowest BCUT2D eigenvalue weighted by Gasteiger charge is -2.08. The number of nitrogens with zero attached hydrogens (tertiary/aromatic N) is 1. The fourth-order valence-electron chi connectivity index (χ4n) is 0.402. The lowest BCUT2D eigenvalue weighted by Crippen LogP contribution is -2.24. The molecule has 0 heterocycles. The summed E-state index contributed by atoms with van der Waals surface area (Å²) in [5, 5.41) is 8.18. The van der Waals surface area contributed by atoms with E-state index in [0.717, 1.165) is 0 Å². The number of ether oxygens (including phenoxy) is 2. The van der Waals surface area contributed by atoms with Gasteiger partial charge in [0.1, 0.15) is 13.0 Å². The number of thioether (sulfide) groups is 1. The first-order valence-corrected chi connectivity index (χ1v) is 4.51. The molecule has 0 rings (SSSR count). The molecule has 0 radical (unpaired) electrons. The third-order valence-corrected chi connectivity index (χ3v) is 1.26. The fourth-order valence-corrected chi connectivity index (χ4v) is 0.636. The maximum absolute atomic E-state index is 8.18. The minimum absolute atomic E-state index is 0.156. The fraction of sp³-hybridized carbons (Fsp3) is 0.833. The van der Waals surface area contributed by atoms with E-state index in [1.54, 1.807) is 11.8 Å². The molecule has 4 nitrogen and oxygen atoms in total. The summed E-state index contributed by atoms with van der Waals surface area (Å²) in [4.78, 5) is 0. The van der Waals surface area contributed by atoms with E-state index in [4.69, 9.17) is 20.5 Å². The molecule has 0 unspecified atom stereocenters. The number of nitrogens with two attached hydrogens (primary N) is 1. The molecule has 0 aromatic rings. The van der Waals surface area contributed by atoms with Gasteiger partial charge in [0.15, 0.2) is 0 Å². The van der Waals surface area contributed by atoms with Crippen LogP contribution in [0.1, 0.15) is 6.42 Å². The SMILES string of the molecule is CSCOCO[C@@H](N)CC#N. The molecule has 2 N–H and O–H groups in total. The molecule has 0 saturated carbocycles. The third kappa shape index (κ3) is 7.62. The van der Waals surface area contributed by atoms with Gasteiger partial charge in [-0.1, -0.05) is 0 Å². The zero-order valence-electron chi connectivity index (χ0n) is 6.45. The van der Waals surface area contributed by atoms with Crippen molar-refractivity contribution in [1.29, 1.82) is 5.26 Å². The highest BCUT2D eigenvalue weighted by Gasteiger charge is 1.99. The van der Waals surface area contributed by atoms with Crippen molar-refractivity contribution in [1.82, 2.24) is 0 Å². The van der Waals surface area contributed by atoms with Gasteiger partial charge in [-0.15, -0.1) is 11.8 Å². The van der Waals surface area contributed by atoms with E-state index >= 15 is 0 Å². The Balaban J connectivity index is 3.05. The second-order valence-corrected chi connectivity index (χ2v) is 2.61. The molecular weight excluding hydrogens is 164 g/mol. The smallest absolute Gasteiger partial charge is 0.149 e. The minimum Gasteiger partial charge on any atom is -0.345 e. The molecule has 0 aromatic carbocycles. The summed E-state index contributed by atoms with van der Waals surface area (Å²) in [6, 6.07) is 1.90. The van der Waals surface area contributed by atoms with Crippen molar-refractivity contribution in [2.75, 3.05) is 19.0 Å². The van der Waals surface area contributed by atoms with Crippen LogP contribution in [0, 0.1) is 11.3 Å². The number of hydrogen-bond acceptors (Lipinski definition) is 5. The van der Waals surface area contributed by atoms with E-state index in [9.17, 15) is 0 Å². The Labute approximate surface area is 70.6 Å². The summed E-state index contributed by atoms with van der Waals surface area (Å²) >= 11 is 1.56. The summed E-state index contributed by atoms with van der Waals surface area (Å²) in [5.41, 5.74) is 5.33. The van der Waals surface area contributed by atoms with Crippen LogP contribution in [0.4, 0.5) is 0 Å². The van der Waals surface area contributed by atoms with Crippen molar-refractivity contribution < 1.29 is 9.47 Å². The van der Waals surface area contributed by atoms with Crippen LogP contribution in [0.2, 0.25) is 0 Å². The molecule has 0 aliphatic rings. The summed E-state index contributed by atoms with van der Waals surface area (Å²) in [7, 11) is 0. The Morgan fingerprint density at radius 2 is 2.45 bits per heavy atom. The number of nitriles is 1. The first-order valence-electron chi connectivity index (χ1n) is 3.12. The molecule has 0 saturated heterocycles. The van der Waals surface area contributed by atoms with Gasteiger partial charge in [0, 0.05) is 0 Å². The molecule has 0 amide bonds. The Kier molecular flexibility index (Phi) is 7.62. The van der Waals surface area contributed by atoms with E-state index in [1.807, 2.05) is 12.3 Å². The summed E-state index contributed by atoms with van der Waals surface area (Å²) in [5.74, 6) is 0.583. The van der Waals surface area contributed by atoms with E-state index in [0.29, 0.717) is 5.94 Å². The summed E-state index contributed by atoms with van der Waals surface area (Å²) < 4.78 is 9.86. The predicted molar refractivity (Wildman–Crippen MR) is 43.6 cm³/mol. The molecule has 0 bridgehead atoms. The monoisotopic (exact) mass is 176 g/mol. The summed E-state index contributed by atoms with van der Waals surface area (Å²) in [6.07, 6.45) is 1.60. The van der Waals surface area contributed by atoms with E-state index in [1.165, 1.54) is 0 Å². The van der Waals surface area contributed by atoms with Crippen molar-refractivity contribution >= 4 is 11.8 Å². The molecule has 5 heteroatoms. The molecule has 0 spiro atoms. The second-order valence-electron chi connectivity index (χ2n) is 1.80. The highest BCUT2D eigenvalue weighted by molar-refractivity contribution is 7.98. The lowest BCUT2D eigenvalue weighted by molar-refractivity contribution is -0.0721. The molecule has 0 fully saturated rings. The van der Waals surface area contributed by atoms with Gasteiger partial charge in [-0.2, -0.15) is 5.26 Å². The van der Waals surface area contributed by atoms with Crippen LogP contribution in [0.3, 0.4) is 0 Å². The van der Waals surface area contributed by atoms with Gasteiger partial charge in [-0.3, -0.25) is 0 Å². The molecule has 0 aromatic heterocycles. The normalized spacial score (nSPS) is 12.5. The molecule has 64 valence electrons. The van der Waals surface area contributed by atoms with Crippen molar-refractivity contribution in [2.45, 2.75) is 12.6 Å². The van der Waals surface area contributed by atoms with Crippen LogP contribution in [-0.2, 0) is 9.47 Å². The number of hydrogen-bond donors (Lipinski definition) is 1. The van der Waals surface area contributed by atoms with Gasteiger partial charge in [0.05, 0.1) is 18.4 Å². The van der Waals surface area contributed by atoms with Crippen LogP contribution in [0.25, 0.3) is 0 Å². The Bertz CT molecular complexity index is 126. The van der Waals surface area contributed by atoms with Gasteiger partial charge in [0.25, 0.3) is 0 Å². The minimum atomic E-state index is -0.526. The van der Waals surface area contributed by atoms with Gasteiger partial charge in [-0.05, 0) is 6.26 Å². The Hall–Kier alpha value is -0.280. The molecule has 0 aliphatic carbocycles. The zero-order valence-corrected chi connectivity index (χ0v) is 7.26. The highest BCUT2D eigenvalue weighted by atomic mass is 32.2. The van der Waals surface area contributed by atoms with Crippen LogP contribution in [0.5, 0.6) is 0 Å². The Morgan fingerprint density at radius 3 is 3.00 bits per heavy atom.